The van der Waals surface area contributed by atoms with Gasteiger partial charge in [0.05, 0.1) is 13.2 Å². The smallest absolute Gasteiger partial charge is 0.248 e. The molecule has 1 heterocycles. The van der Waals surface area contributed by atoms with Crippen LogP contribution in [0.5, 0.6) is 0 Å². The van der Waals surface area contributed by atoms with Crippen LogP contribution in [-0.4, -0.2) is 39.9 Å². The molecule has 0 fully saturated rings. The van der Waals surface area contributed by atoms with E-state index in [1.807, 2.05) is 36.1 Å². The number of nitrogens with zero attached hydrogens (tertiary/aromatic N) is 3. The van der Waals surface area contributed by atoms with Gasteiger partial charge in [0.2, 0.25) is 11.8 Å². The van der Waals surface area contributed by atoms with Gasteiger partial charge in [-0.3, -0.25) is 4.90 Å². The molecule has 2 aromatic rings. The first-order chi connectivity index (χ1) is 9.74. The van der Waals surface area contributed by atoms with Crippen LogP contribution < -0.4 is 0 Å². The third-order valence-corrected chi connectivity index (χ3v) is 3.00. The Morgan fingerprint density at radius 1 is 1.35 bits per heavy atom. The molecule has 1 aromatic heterocycles. The van der Waals surface area contributed by atoms with Gasteiger partial charge >= 0.3 is 0 Å². The molecule has 2 rings (SSSR count). The topological polar surface area (TPSA) is 62.4 Å². The number of aliphatic hydroxyl groups is 1. The molecule has 5 heteroatoms. The summed E-state index contributed by atoms with van der Waals surface area (Å²) < 4.78 is 5.69. The number of hydrogen-bond donors (Lipinski definition) is 1. The van der Waals surface area contributed by atoms with Gasteiger partial charge in [-0.05, 0) is 18.6 Å². The van der Waals surface area contributed by atoms with Crippen molar-refractivity contribution in [1.29, 1.82) is 0 Å². The molecule has 0 unspecified atom stereocenters. The van der Waals surface area contributed by atoms with Gasteiger partial charge in [-0.1, -0.05) is 24.3 Å². The van der Waals surface area contributed by atoms with Crippen LogP contribution in [0, 0.1) is 6.92 Å². The molecule has 0 spiro atoms. The fourth-order valence-electron chi connectivity index (χ4n) is 1.99. The third-order valence-electron chi connectivity index (χ3n) is 3.00. The number of hydrogen-bond acceptors (Lipinski definition) is 5. The summed E-state index contributed by atoms with van der Waals surface area (Å²) in [6.45, 7) is 7.52. The van der Waals surface area contributed by atoms with Crippen molar-refractivity contribution >= 4 is 0 Å². The van der Waals surface area contributed by atoms with E-state index < -0.39 is 0 Å². The van der Waals surface area contributed by atoms with E-state index in [2.05, 4.69) is 16.8 Å². The Labute approximate surface area is 118 Å². The molecule has 0 aliphatic carbocycles. The molecule has 106 valence electrons. The molecule has 5 nitrogen and oxygen atoms in total. The molecule has 0 atom stereocenters. The van der Waals surface area contributed by atoms with E-state index in [1.54, 1.807) is 6.08 Å². The van der Waals surface area contributed by atoms with E-state index in [1.165, 1.54) is 0 Å². The highest BCUT2D eigenvalue weighted by molar-refractivity contribution is 5.57. The second kappa shape index (κ2) is 6.98. The molecule has 0 saturated carbocycles. The minimum Gasteiger partial charge on any atom is -0.419 e. The van der Waals surface area contributed by atoms with Gasteiger partial charge in [-0.25, -0.2) is 0 Å². The molecule has 1 aromatic carbocycles. The number of aryl methyl sites for hydroxylation is 1. The Hall–Kier alpha value is -1.98. The summed E-state index contributed by atoms with van der Waals surface area (Å²) >= 11 is 0. The normalized spacial score (nSPS) is 10.9. The van der Waals surface area contributed by atoms with Crippen molar-refractivity contribution in [3.8, 4) is 11.5 Å². The first-order valence-electron chi connectivity index (χ1n) is 6.57. The first kappa shape index (κ1) is 14.4. The average Bonchev–Trinajstić information content (AvgIpc) is 2.88. The van der Waals surface area contributed by atoms with Crippen molar-refractivity contribution in [2.24, 2.45) is 0 Å². The van der Waals surface area contributed by atoms with E-state index in [0.29, 0.717) is 31.4 Å². The van der Waals surface area contributed by atoms with Crippen LogP contribution in [0.3, 0.4) is 0 Å². The van der Waals surface area contributed by atoms with Crippen molar-refractivity contribution in [2.75, 3.05) is 19.7 Å². The number of rotatable bonds is 7. The van der Waals surface area contributed by atoms with E-state index >= 15 is 0 Å². The molecule has 0 aliphatic heterocycles. The van der Waals surface area contributed by atoms with E-state index in [4.69, 9.17) is 9.52 Å². The third kappa shape index (κ3) is 3.53. The molecule has 20 heavy (non-hydrogen) atoms. The SMILES string of the molecule is C=CCN(CCO)Cc1nnc(-c2ccccc2C)o1. The standard InChI is InChI=1S/C15H19N3O2/c1-3-8-18(9-10-19)11-14-16-17-15(20-14)13-7-5-4-6-12(13)2/h3-7,19H,1,8-11H2,2H3. The Morgan fingerprint density at radius 2 is 2.15 bits per heavy atom. The van der Waals surface area contributed by atoms with E-state index in [-0.39, 0.29) is 6.61 Å². The monoisotopic (exact) mass is 273 g/mol. The van der Waals surface area contributed by atoms with Gasteiger partial charge in [0.15, 0.2) is 0 Å². The Kier molecular flexibility index (Phi) is 5.03. The maximum absolute atomic E-state index is 9.02. The molecule has 0 aliphatic rings. The summed E-state index contributed by atoms with van der Waals surface area (Å²) in [6.07, 6.45) is 1.79. The maximum Gasteiger partial charge on any atom is 0.248 e. The lowest BCUT2D eigenvalue weighted by molar-refractivity contribution is 0.192. The molecule has 0 amide bonds. The van der Waals surface area contributed by atoms with Crippen LogP contribution in [0.25, 0.3) is 11.5 Å². The second-order valence-corrected chi connectivity index (χ2v) is 4.56. The number of aliphatic hydroxyl groups excluding tert-OH is 1. The van der Waals surface area contributed by atoms with Crippen LogP contribution in [0.1, 0.15) is 11.5 Å². The molecule has 0 bridgehead atoms. The van der Waals surface area contributed by atoms with Crippen LogP contribution in [0.4, 0.5) is 0 Å². The summed E-state index contributed by atoms with van der Waals surface area (Å²) in [7, 11) is 0. The number of aromatic nitrogens is 2. The van der Waals surface area contributed by atoms with E-state index in [0.717, 1.165) is 11.1 Å². The predicted molar refractivity (Wildman–Crippen MR) is 77.0 cm³/mol. The zero-order valence-corrected chi connectivity index (χ0v) is 11.6. The quantitative estimate of drug-likeness (QED) is 0.782. The highest BCUT2D eigenvalue weighted by Gasteiger charge is 2.13. The zero-order valence-electron chi connectivity index (χ0n) is 11.6. The van der Waals surface area contributed by atoms with Gasteiger partial charge in [0.25, 0.3) is 0 Å². The summed E-state index contributed by atoms with van der Waals surface area (Å²) in [5.74, 6) is 1.07. The zero-order chi connectivity index (χ0) is 14.4. The van der Waals surface area contributed by atoms with Crippen molar-refractivity contribution < 1.29 is 9.52 Å². The van der Waals surface area contributed by atoms with Crippen molar-refractivity contribution in [1.82, 2.24) is 15.1 Å². The highest BCUT2D eigenvalue weighted by atomic mass is 16.4. The largest absolute Gasteiger partial charge is 0.419 e. The van der Waals surface area contributed by atoms with Gasteiger partial charge in [-0.2, -0.15) is 0 Å². The number of benzene rings is 1. The molecule has 0 radical (unpaired) electrons. The van der Waals surface area contributed by atoms with Gasteiger partial charge in [-0.15, -0.1) is 16.8 Å². The van der Waals surface area contributed by atoms with Crippen LogP contribution in [-0.2, 0) is 6.54 Å². The van der Waals surface area contributed by atoms with Crippen LogP contribution >= 0.6 is 0 Å². The van der Waals surface area contributed by atoms with Gasteiger partial charge < -0.3 is 9.52 Å². The van der Waals surface area contributed by atoms with Crippen molar-refractivity contribution in [3.05, 3.63) is 48.4 Å². The van der Waals surface area contributed by atoms with Crippen molar-refractivity contribution in [2.45, 2.75) is 13.5 Å². The summed E-state index contributed by atoms with van der Waals surface area (Å²) in [6, 6.07) is 7.89. The molecular formula is C15H19N3O2. The minimum atomic E-state index is 0.0899. The highest BCUT2D eigenvalue weighted by Crippen LogP contribution is 2.21. The second-order valence-electron chi connectivity index (χ2n) is 4.56. The van der Waals surface area contributed by atoms with E-state index in [9.17, 15) is 0 Å². The molecular weight excluding hydrogens is 254 g/mol. The van der Waals surface area contributed by atoms with Gasteiger partial charge in [0.1, 0.15) is 0 Å². The maximum atomic E-state index is 9.02. The Morgan fingerprint density at radius 3 is 2.85 bits per heavy atom. The lowest BCUT2D eigenvalue weighted by atomic mass is 10.1. The molecule has 1 N–H and O–H groups in total. The average molecular weight is 273 g/mol. The Balaban J connectivity index is 2.12. The first-order valence-corrected chi connectivity index (χ1v) is 6.57. The fourth-order valence-corrected chi connectivity index (χ4v) is 1.99. The molecule has 0 saturated heterocycles. The van der Waals surface area contributed by atoms with Gasteiger partial charge in [0, 0.05) is 18.7 Å². The Bertz CT molecular complexity index is 566. The lowest BCUT2D eigenvalue weighted by Crippen LogP contribution is -2.26. The van der Waals surface area contributed by atoms with Crippen LogP contribution in [0.15, 0.2) is 41.3 Å². The summed E-state index contributed by atoms with van der Waals surface area (Å²) in [5.41, 5.74) is 2.05. The summed E-state index contributed by atoms with van der Waals surface area (Å²) in [4.78, 5) is 1.99. The summed E-state index contributed by atoms with van der Waals surface area (Å²) in [5, 5.41) is 17.2. The van der Waals surface area contributed by atoms with Crippen LogP contribution in [0.2, 0.25) is 0 Å². The van der Waals surface area contributed by atoms with Crippen molar-refractivity contribution in [3.63, 3.8) is 0 Å². The lowest BCUT2D eigenvalue weighted by Gasteiger charge is -2.16. The minimum absolute atomic E-state index is 0.0899. The fraction of sp³-hybridized carbons (Fsp3) is 0.333. The predicted octanol–water partition coefficient (Wildman–Crippen LogP) is 2.03.